The van der Waals surface area contributed by atoms with Crippen molar-refractivity contribution < 1.29 is 22.4 Å². The van der Waals surface area contributed by atoms with Gasteiger partial charge in [0.25, 0.3) is 0 Å². The van der Waals surface area contributed by atoms with E-state index in [-0.39, 0.29) is 11.4 Å². The fourth-order valence-corrected chi connectivity index (χ4v) is 4.29. The normalized spacial score (nSPS) is 12.1. The van der Waals surface area contributed by atoms with Crippen molar-refractivity contribution in [1.29, 1.82) is 0 Å². The largest absolute Gasteiger partial charge is 0.353 e. The van der Waals surface area contributed by atoms with E-state index in [0.717, 1.165) is 29.5 Å². The number of rotatable bonds is 7. The fourth-order valence-electron chi connectivity index (χ4n) is 4.29. The van der Waals surface area contributed by atoms with Gasteiger partial charge in [0.2, 0.25) is 12.3 Å². The van der Waals surface area contributed by atoms with Crippen LogP contribution >= 0.6 is 0 Å². The van der Waals surface area contributed by atoms with Crippen molar-refractivity contribution in [1.82, 2.24) is 15.0 Å². The molecule has 5 nitrogen and oxygen atoms in total. The highest BCUT2D eigenvalue weighted by Gasteiger charge is 2.25. The summed E-state index contributed by atoms with van der Waals surface area (Å²) in [6, 6.07) is 18.9. The van der Waals surface area contributed by atoms with Crippen molar-refractivity contribution in [2.24, 2.45) is 0 Å². The second kappa shape index (κ2) is 10.2. The van der Waals surface area contributed by atoms with Crippen LogP contribution in [0.2, 0.25) is 0 Å². The van der Waals surface area contributed by atoms with Crippen LogP contribution in [0.4, 0.5) is 23.4 Å². The Morgan fingerprint density at radius 1 is 0.892 bits per heavy atom. The Balaban J connectivity index is 1.52. The molecule has 0 bridgehead atoms. The van der Waals surface area contributed by atoms with Crippen molar-refractivity contribution in [3.05, 3.63) is 102 Å². The van der Waals surface area contributed by atoms with E-state index in [1.165, 1.54) is 24.4 Å². The predicted octanol–water partition coefficient (Wildman–Crippen LogP) is 6.95. The predicted molar refractivity (Wildman–Crippen MR) is 133 cm³/mol. The Hall–Kier alpha value is -4.53. The Morgan fingerprint density at radius 2 is 1.65 bits per heavy atom. The molecule has 3 aromatic heterocycles. The molecule has 37 heavy (non-hydrogen) atoms. The second-order valence-corrected chi connectivity index (χ2v) is 8.44. The molecule has 0 aliphatic rings. The average molecular weight is 504 g/mol. The quantitative estimate of drug-likeness (QED) is 0.236. The molecule has 0 aliphatic carbocycles. The lowest BCUT2D eigenvalue weighted by atomic mass is 9.95. The van der Waals surface area contributed by atoms with E-state index in [2.05, 4.69) is 20.3 Å². The molecule has 0 spiro atoms. The zero-order valence-electron chi connectivity index (χ0n) is 19.3. The monoisotopic (exact) mass is 504 g/mol. The van der Waals surface area contributed by atoms with Gasteiger partial charge in [0.15, 0.2) is 0 Å². The molecule has 1 amide bonds. The maximum atomic E-state index is 13.9. The van der Waals surface area contributed by atoms with Crippen LogP contribution in [0.3, 0.4) is 0 Å². The lowest BCUT2D eigenvalue weighted by Crippen LogP contribution is -2.23. The van der Waals surface area contributed by atoms with E-state index in [4.69, 9.17) is 0 Å². The van der Waals surface area contributed by atoms with Crippen molar-refractivity contribution in [3.8, 4) is 22.4 Å². The number of hydrogen-bond acceptors (Lipinski definition) is 3. The molecule has 2 N–H and O–H groups in total. The number of benzene rings is 2. The third-order valence-electron chi connectivity index (χ3n) is 5.97. The molecule has 2 aromatic carbocycles. The topological polar surface area (TPSA) is 70.7 Å². The first-order chi connectivity index (χ1) is 17.9. The number of alkyl halides is 2. The van der Waals surface area contributed by atoms with Gasteiger partial charge in [-0.05, 0) is 35.4 Å². The lowest BCUT2D eigenvalue weighted by molar-refractivity contribution is -0.118. The van der Waals surface area contributed by atoms with Gasteiger partial charge in [-0.25, -0.2) is 22.5 Å². The van der Waals surface area contributed by atoms with Gasteiger partial charge < -0.3 is 10.3 Å². The minimum absolute atomic E-state index is 0.140. The first-order valence-corrected chi connectivity index (χ1v) is 11.4. The molecule has 0 radical (unpaired) electrons. The molecular weight excluding hydrogens is 484 g/mol. The van der Waals surface area contributed by atoms with E-state index >= 15 is 0 Å². The number of fused-ring (bicyclic) bond motifs is 1. The van der Waals surface area contributed by atoms with Gasteiger partial charge in [-0.2, -0.15) is 0 Å². The van der Waals surface area contributed by atoms with Crippen molar-refractivity contribution in [3.63, 3.8) is 0 Å². The molecule has 3 heterocycles. The molecule has 5 aromatic rings. The van der Waals surface area contributed by atoms with Gasteiger partial charge in [-0.15, -0.1) is 0 Å². The van der Waals surface area contributed by atoms with E-state index in [1.54, 1.807) is 12.1 Å². The number of carbonyl (C=O) groups excluding carboxylic acids is 1. The molecule has 0 aliphatic heterocycles. The maximum absolute atomic E-state index is 13.9. The molecule has 0 saturated carbocycles. The van der Waals surface area contributed by atoms with E-state index in [0.29, 0.717) is 22.3 Å². The smallest absolute Gasteiger partial charge is 0.239 e. The highest BCUT2D eigenvalue weighted by molar-refractivity contribution is 6.02. The second-order valence-electron chi connectivity index (χ2n) is 8.44. The van der Waals surface area contributed by atoms with Crippen LogP contribution in [0.25, 0.3) is 33.4 Å². The summed E-state index contributed by atoms with van der Waals surface area (Å²) in [5.74, 6) is -2.78. The Bertz CT molecular complexity index is 1550. The number of aromatic amines is 1. The Morgan fingerprint density at radius 3 is 2.38 bits per heavy atom. The van der Waals surface area contributed by atoms with Gasteiger partial charge in [-0.3, -0.25) is 9.78 Å². The van der Waals surface area contributed by atoms with E-state index in [9.17, 15) is 22.4 Å². The summed E-state index contributed by atoms with van der Waals surface area (Å²) in [7, 11) is 0. The number of hydrogen-bond donors (Lipinski definition) is 2. The number of carbonyl (C=O) groups is 1. The summed E-state index contributed by atoms with van der Waals surface area (Å²) in [4.78, 5) is 24.7. The molecule has 0 saturated heterocycles. The van der Waals surface area contributed by atoms with Crippen LogP contribution < -0.4 is 5.32 Å². The molecule has 0 unspecified atom stereocenters. The zero-order valence-corrected chi connectivity index (χ0v) is 19.3. The summed E-state index contributed by atoms with van der Waals surface area (Å²) in [5.41, 5.74) is 4.16. The van der Waals surface area contributed by atoms with Crippen LogP contribution in [0.15, 0.2) is 85.2 Å². The van der Waals surface area contributed by atoms with Gasteiger partial charge in [0.05, 0.1) is 28.8 Å². The van der Waals surface area contributed by atoms with Gasteiger partial charge >= 0.3 is 0 Å². The number of aromatic nitrogens is 3. The first kappa shape index (κ1) is 24.2. The highest BCUT2D eigenvalue weighted by Crippen LogP contribution is 2.38. The maximum Gasteiger partial charge on any atom is 0.239 e. The summed E-state index contributed by atoms with van der Waals surface area (Å²) in [6.45, 7) is 0. The van der Waals surface area contributed by atoms with E-state index in [1.807, 2.05) is 30.3 Å². The SMILES string of the molecule is O=C(Nc1cc(-c2[nH]c3cc(F)cnc3c2-c2ccccc2)ccn1)[C@@H](CC(F)F)c1ccc(F)cc1. The Labute approximate surface area is 209 Å². The fraction of sp³-hybridized carbons (Fsp3) is 0.107. The standard InChI is InChI=1S/C28H20F4N4O/c29-19-8-6-16(7-9-19)21(14-23(31)32)28(37)36-24-12-18(10-11-33-24)26-25(17-4-2-1-3-5-17)27-22(35-26)13-20(30)15-34-27/h1-13,15,21,23,35H,14H2,(H,33,36,37)/t21-/m0/s1. The van der Waals surface area contributed by atoms with Crippen LogP contribution in [0.5, 0.6) is 0 Å². The third kappa shape index (κ3) is 5.20. The summed E-state index contributed by atoms with van der Waals surface area (Å²) in [6.07, 6.45) is -0.857. The van der Waals surface area contributed by atoms with Crippen molar-refractivity contribution in [2.45, 2.75) is 18.8 Å². The number of pyridine rings is 2. The lowest BCUT2D eigenvalue weighted by Gasteiger charge is -2.17. The van der Waals surface area contributed by atoms with Crippen molar-refractivity contribution >= 4 is 22.8 Å². The van der Waals surface area contributed by atoms with Gasteiger partial charge in [0, 0.05) is 29.8 Å². The molecule has 9 heteroatoms. The van der Waals surface area contributed by atoms with Crippen LogP contribution in [0.1, 0.15) is 17.9 Å². The first-order valence-electron chi connectivity index (χ1n) is 11.4. The zero-order chi connectivity index (χ0) is 25.9. The van der Waals surface area contributed by atoms with Crippen LogP contribution in [0, 0.1) is 11.6 Å². The van der Waals surface area contributed by atoms with E-state index < -0.39 is 36.3 Å². The molecule has 0 fully saturated rings. The summed E-state index contributed by atoms with van der Waals surface area (Å²) >= 11 is 0. The van der Waals surface area contributed by atoms with Gasteiger partial charge in [0.1, 0.15) is 17.5 Å². The average Bonchev–Trinajstić information content (AvgIpc) is 3.27. The molecular formula is C28H20F4N4O. The van der Waals surface area contributed by atoms with Crippen molar-refractivity contribution in [2.75, 3.05) is 5.32 Å². The minimum atomic E-state index is -2.74. The molecule has 1 atom stereocenters. The van der Waals surface area contributed by atoms with Gasteiger partial charge in [-0.1, -0.05) is 42.5 Å². The number of nitrogens with one attached hydrogen (secondary N) is 2. The number of amides is 1. The number of halogens is 4. The summed E-state index contributed by atoms with van der Waals surface area (Å²) < 4.78 is 53.8. The number of nitrogens with zero attached hydrogens (tertiary/aromatic N) is 2. The van der Waals surface area contributed by atoms with Crippen LogP contribution in [-0.2, 0) is 4.79 Å². The van der Waals surface area contributed by atoms with Crippen LogP contribution in [-0.4, -0.2) is 27.3 Å². The molecule has 186 valence electrons. The number of H-pyrrole nitrogens is 1. The Kier molecular flexibility index (Phi) is 6.68. The third-order valence-corrected chi connectivity index (χ3v) is 5.97. The highest BCUT2D eigenvalue weighted by atomic mass is 19.3. The summed E-state index contributed by atoms with van der Waals surface area (Å²) in [5, 5.41) is 2.61. The minimum Gasteiger partial charge on any atom is -0.353 e. The molecule has 5 rings (SSSR count). The number of anilines is 1.